The van der Waals surface area contributed by atoms with E-state index >= 15 is 0 Å². The number of ether oxygens (including phenoxy) is 1. The van der Waals surface area contributed by atoms with Gasteiger partial charge in [-0.25, -0.2) is 0 Å². The molecule has 1 heterocycles. The van der Waals surface area contributed by atoms with Crippen LogP contribution >= 0.6 is 0 Å². The van der Waals surface area contributed by atoms with Crippen LogP contribution in [-0.4, -0.2) is 23.2 Å². The molecule has 78 valence electrons. The summed E-state index contributed by atoms with van der Waals surface area (Å²) in [5, 5.41) is 9.70. The Balaban J connectivity index is 2.73. The van der Waals surface area contributed by atoms with E-state index in [1.807, 2.05) is 19.9 Å². The highest BCUT2D eigenvalue weighted by molar-refractivity contribution is 5.70. The fraction of sp³-hybridized carbons (Fsp3) is 0.500. The SMILES string of the molecule is COC(=O)CC(O)c1cc(C)[nH]c1C. The van der Waals surface area contributed by atoms with Gasteiger partial charge in [-0.3, -0.25) is 4.79 Å². The number of esters is 1. The number of carbonyl (C=O) groups excluding carboxylic acids is 1. The zero-order valence-corrected chi connectivity index (χ0v) is 8.63. The van der Waals surface area contributed by atoms with Crippen molar-refractivity contribution < 1.29 is 14.6 Å². The van der Waals surface area contributed by atoms with Crippen molar-refractivity contribution in [1.29, 1.82) is 0 Å². The molecule has 0 aliphatic rings. The monoisotopic (exact) mass is 197 g/mol. The fourth-order valence-corrected chi connectivity index (χ4v) is 1.44. The highest BCUT2D eigenvalue weighted by Crippen LogP contribution is 2.21. The van der Waals surface area contributed by atoms with Crippen LogP contribution in [-0.2, 0) is 9.53 Å². The van der Waals surface area contributed by atoms with Gasteiger partial charge >= 0.3 is 5.97 Å². The Morgan fingerprint density at radius 1 is 1.64 bits per heavy atom. The van der Waals surface area contributed by atoms with Crippen molar-refractivity contribution in [2.45, 2.75) is 26.4 Å². The standard InChI is InChI=1S/C10H15NO3/c1-6-4-8(7(2)11-6)9(12)5-10(13)14-3/h4,9,11-12H,5H2,1-3H3. The van der Waals surface area contributed by atoms with Gasteiger partial charge in [0.15, 0.2) is 0 Å². The number of aryl methyl sites for hydroxylation is 2. The van der Waals surface area contributed by atoms with E-state index in [1.54, 1.807) is 0 Å². The molecule has 1 atom stereocenters. The lowest BCUT2D eigenvalue weighted by molar-refractivity contribution is -0.142. The third kappa shape index (κ3) is 2.35. The molecular formula is C10H15NO3. The molecule has 0 saturated heterocycles. The van der Waals surface area contributed by atoms with Crippen LogP contribution in [0, 0.1) is 13.8 Å². The summed E-state index contributed by atoms with van der Waals surface area (Å²) >= 11 is 0. The number of aliphatic hydroxyl groups excluding tert-OH is 1. The van der Waals surface area contributed by atoms with E-state index in [4.69, 9.17) is 0 Å². The Kier molecular flexibility index (Phi) is 3.30. The van der Waals surface area contributed by atoms with Crippen LogP contribution in [0.5, 0.6) is 0 Å². The smallest absolute Gasteiger partial charge is 0.308 e. The van der Waals surface area contributed by atoms with Crippen molar-refractivity contribution >= 4 is 5.97 Å². The van der Waals surface area contributed by atoms with Crippen LogP contribution in [0.1, 0.15) is 29.5 Å². The number of rotatable bonds is 3. The Hall–Kier alpha value is -1.29. The van der Waals surface area contributed by atoms with Gasteiger partial charge in [-0.15, -0.1) is 0 Å². The highest BCUT2D eigenvalue weighted by atomic mass is 16.5. The Bertz CT molecular complexity index is 330. The summed E-state index contributed by atoms with van der Waals surface area (Å²) in [6.45, 7) is 3.77. The molecule has 0 aliphatic carbocycles. The number of H-pyrrole nitrogens is 1. The number of hydrogen-bond acceptors (Lipinski definition) is 3. The van der Waals surface area contributed by atoms with Gasteiger partial charge in [-0.1, -0.05) is 0 Å². The van der Waals surface area contributed by atoms with E-state index in [0.717, 1.165) is 17.0 Å². The van der Waals surface area contributed by atoms with Gasteiger partial charge < -0.3 is 14.8 Å². The minimum atomic E-state index is -0.785. The summed E-state index contributed by atoms with van der Waals surface area (Å²) in [5.74, 6) is -0.407. The molecule has 0 amide bonds. The second kappa shape index (κ2) is 4.28. The first-order valence-corrected chi connectivity index (χ1v) is 4.45. The molecule has 1 aromatic rings. The maximum absolute atomic E-state index is 10.9. The minimum Gasteiger partial charge on any atom is -0.469 e. The zero-order valence-electron chi connectivity index (χ0n) is 8.63. The molecule has 1 rings (SSSR count). The number of aromatic nitrogens is 1. The van der Waals surface area contributed by atoms with Crippen molar-refractivity contribution in [2.75, 3.05) is 7.11 Å². The second-order valence-corrected chi connectivity index (χ2v) is 3.33. The molecule has 0 saturated carbocycles. The lowest BCUT2D eigenvalue weighted by Crippen LogP contribution is -2.08. The van der Waals surface area contributed by atoms with Crippen LogP contribution in [0.3, 0.4) is 0 Å². The normalized spacial score (nSPS) is 12.6. The first kappa shape index (κ1) is 10.8. The van der Waals surface area contributed by atoms with Crippen LogP contribution < -0.4 is 0 Å². The van der Waals surface area contributed by atoms with Gasteiger partial charge in [-0.2, -0.15) is 0 Å². The first-order valence-electron chi connectivity index (χ1n) is 4.45. The average Bonchev–Trinajstić information content (AvgIpc) is 2.45. The molecule has 0 radical (unpaired) electrons. The first-order chi connectivity index (χ1) is 6.54. The van der Waals surface area contributed by atoms with E-state index in [1.165, 1.54) is 7.11 Å². The molecule has 0 spiro atoms. The summed E-state index contributed by atoms with van der Waals surface area (Å²) in [7, 11) is 1.31. The van der Waals surface area contributed by atoms with E-state index in [0.29, 0.717) is 0 Å². The number of nitrogens with one attached hydrogen (secondary N) is 1. The molecule has 14 heavy (non-hydrogen) atoms. The molecule has 0 aromatic carbocycles. The Labute approximate surface area is 82.9 Å². The average molecular weight is 197 g/mol. The Morgan fingerprint density at radius 2 is 2.29 bits per heavy atom. The molecule has 1 aromatic heterocycles. The van der Waals surface area contributed by atoms with Crippen LogP contribution in [0.4, 0.5) is 0 Å². The molecule has 2 N–H and O–H groups in total. The van der Waals surface area contributed by atoms with Gasteiger partial charge in [0.05, 0.1) is 19.6 Å². The predicted octanol–water partition coefficient (Wildman–Crippen LogP) is 1.23. The Morgan fingerprint density at radius 3 is 2.71 bits per heavy atom. The van der Waals surface area contributed by atoms with Crippen molar-refractivity contribution in [2.24, 2.45) is 0 Å². The van der Waals surface area contributed by atoms with Crippen LogP contribution in [0.2, 0.25) is 0 Å². The topological polar surface area (TPSA) is 62.3 Å². The largest absolute Gasteiger partial charge is 0.469 e. The number of aromatic amines is 1. The van der Waals surface area contributed by atoms with Gasteiger partial charge in [0.25, 0.3) is 0 Å². The quantitative estimate of drug-likeness (QED) is 0.716. The molecule has 4 nitrogen and oxygen atoms in total. The van der Waals surface area contributed by atoms with Gasteiger partial charge in [0.2, 0.25) is 0 Å². The lowest BCUT2D eigenvalue weighted by Gasteiger charge is -2.08. The third-order valence-electron chi connectivity index (χ3n) is 2.14. The summed E-state index contributed by atoms with van der Waals surface area (Å²) in [6.07, 6.45) is -0.790. The highest BCUT2D eigenvalue weighted by Gasteiger charge is 2.16. The molecule has 0 aliphatic heterocycles. The molecule has 0 bridgehead atoms. The van der Waals surface area contributed by atoms with Crippen molar-refractivity contribution in [3.05, 3.63) is 23.0 Å². The molecule has 0 fully saturated rings. The second-order valence-electron chi connectivity index (χ2n) is 3.33. The number of hydrogen-bond donors (Lipinski definition) is 2. The minimum absolute atomic E-state index is 0.00532. The van der Waals surface area contributed by atoms with Crippen molar-refractivity contribution in [3.63, 3.8) is 0 Å². The van der Waals surface area contributed by atoms with E-state index in [9.17, 15) is 9.90 Å². The van der Waals surface area contributed by atoms with E-state index in [-0.39, 0.29) is 6.42 Å². The lowest BCUT2D eigenvalue weighted by atomic mass is 10.1. The summed E-state index contributed by atoms with van der Waals surface area (Å²) in [4.78, 5) is 14.0. The van der Waals surface area contributed by atoms with Crippen molar-refractivity contribution in [1.82, 2.24) is 4.98 Å². The van der Waals surface area contributed by atoms with Crippen molar-refractivity contribution in [3.8, 4) is 0 Å². The van der Waals surface area contributed by atoms with Gasteiger partial charge in [-0.05, 0) is 19.9 Å². The third-order valence-corrected chi connectivity index (χ3v) is 2.14. The maximum Gasteiger partial charge on any atom is 0.308 e. The van der Waals surface area contributed by atoms with Crippen LogP contribution in [0.25, 0.3) is 0 Å². The summed E-state index contributed by atoms with van der Waals surface area (Å²) < 4.78 is 4.48. The van der Waals surface area contributed by atoms with E-state index in [2.05, 4.69) is 9.72 Å². The maximum atomic E-state index is 10.9. The fourth-order valence-electron chi connectivity index (χ4n) is 1.44. The number of carbonyl (C=O) groups is 1. The van der Waals surface area contributed by atoms with E-state index < -0.39 is 12.1 Å². The summed E-state index contributed by atoms with van der Waals surface area (Å²) in [5.41, 5.74) is 2.62. The van der Waals surface area contributed by atoms with Gasteiger partial charge in [0, 0.05) is 17.0 Å². The molecular weight excluding hydrogens is 182 g/mol. The van der Waals surface area contributed by atoms with Crippen LogP contribution in [0.15, 0.2) is 6.07 Å². The zero-order chi connectivity index (χ0) is 10.7. The predicted molar refractivity (Wildman–Crippen MR) is 51.9 cm³/mol. The number of aliphatic hydroxyl groups is 1. The number of methoxy groups -OCH3 is 1. The molecule has 1 unspecified atom stereocenters. The summed E-state index contributed by atoms with van der Waals surface area (Å²) in [6, 6.07) is 1.84. The van der Waals surface area contributed by atoms with Gasteiger partial charge in [0.1, 0.15) is 0 Å². The molecule has 4 heteroatoms.